The molecule has 33 heteroatoms. The van der Waals surface area contributed by atoms with Gasteiger partial charge in [0.25, 0.3) is 53.2 Å². The molecule has 0 fully saturated rings. The van der Waals surface area contributed by atoms with E-state index in [-0.39, 0.29) is 91.8 Å². The molecule has 0 unspecified atom stereocenters. The highest BCUT2D eigenvalue weighted by atomic mass is 35.5. The fourth-order valence-corrected chi connectivity index (χ4v) is 18.5. The van der Waals surface area contributed by atoms with Crippen molar-refractivity contribution in [3.05, 3.63) is 308 Å². The van der Waals surface area contributed by atoms with E-state index < -0.39 is 35.8 Å². The lowest BCUT2D eigenvalue weighted by Gasteiger charge is -2.36. The number of carbonyl (C=O) groups is 9. The Morgan fingerprint density at radius 2 is 0.638 bits per heavy atom. The third kappa shape index (κ3) is 28.9. The van der Waals surface area contributed by atoms with Gasteiger partial charge in [-0.05, 0) is 233 Å². The van der Waals surface area contributed by atoms with Gasteiger partial charge in [0.2, 0.25) is 0 Å². The van der Waals surface area contributed by atoms with E-state index in [9.17, 15) is 58.5 Å². The molecular weight excluding hydrogens is 1910 g/mol. The molecule has 3 atom stereocenters. The molecule has 6 heterocycles. The van der Waals surface area contributed by atoms with Gasteiger partial charge < -0.3 is 84.4 Å². The van der Waals surface area contributed by atoms with Crippen LogP contribution in [0.2, 0.25) is 5.02 Å². The highest BCUT2D eigenvalue weighted by molar-refractivity contribution is 6.32. The Bertz CT molecular complexity index is 6590. The van der Waals surface area contributed by atoms with Crippen LogP contribution in [0.4, 0.5) is 17.1 Å². The number of hydrogen-bond donors (Lipinski definition) is 6. The zero-order valence-corrected chi connectivity index (χ0v) is 87.8. The molecule has 0 saturated heterocycles. The highest BCUT2D eigenvalue weighted by Crippen LogP contribution is 2.36. The maximum Gasteiger partial charge on any atom is 0.274 e. The largest absolute Gasteiger partial charge is 0.497 e. The van der Waals surface area contributed by atoms with Gasteiger partial charge in [0.1, 0.15) is 28.7 Å². The zero-order valence-electron chi connectivity index (χ0n) is 87.0. The number of nitrogens with zero attached hydrogens (tertiary/aromatic N) is 12. The number of fused-ring (bicyclic) bond motifs is 3. The van der Waals surface area contributed by atoms with E-state index >= 15 is 0 Å². The molecule has 0 bridgehead atoms. The van der Waals surface area contributed by atoms with Gasteiger partial charge >= 0.3 is 0 Å². The number of para-hydroxylation sites is 1. The second kappa shape index (κ2) is 54.6. The van der Waals surface area contributed by atoms with Gasteiger partial charge in [-0.3, -0.25) is 43.2 Å². The summed E-state index contributed by atoms with van der Waals surface area (Å²) < 4.78 is 32.2. The van der Waals surface area contributed by atoms with E-state index in [0.29, 0.717) is 180 Å². The first-order valence-corrected chi connectivity index (χ1v) is 51.9. The molecule has 3 aromatic heterocycles. The quantitative estimate of drug-likeness (QED) is 0.0206. The molecule has 12 aromatic rings. The fraction of sp³-hybridized carbons (Fsp3) is 0.379. The summed E-state index contributed by atoms with van der Waals surface area (Å²) in [5, 5.41) is 54.2. The zero-order chi connectivity index (χ0) is 106. The summed E-state index contributed by atoms with van der Waals surface area (Å²) in [5.41, 5.74) is 12.6. The summed E-state index contributed by atoms with van der Waals surface area (Å²) in [4.78, 5) is 134. The second-order valence-electron chi connectivity index (χ2n) is 37.5. The van der Waals surface area contributed by atoms with Crippen LogP contribution >= 0.6 is 11.6 Å². The number of rotatable bonds is 44. The van der Waals surface area contributed by atoms with Crippen molar-refractivity contribution in [1.82, 2.24) is 58.7 Å². The summed E-state index contributed by atoms with van der Waals surface area (Å²) in [6, 6.07) is 63.4. The Morgan fingerprint density at radius 1 is 0.342 bits per heavy atom. The number of halogens is 1. The first-order valence-electron chi connectivity index (χ1n) is 51.5. The number of nitrogens with one attached hydrogen (secondary N) is 3. The number of methoxy groups -OCH3 is 2. The SMILES string of the molecule is CCCCN(CCCC)C(=O)c1cc(C)n(-c2ccc(NC(=O)COc3ccc(OC)cc3)cc2C(=O)N2Cc3ccccc3C[C@H]2CO)n1.CCCCN(CCCC)C(=O)c1cc(C)n(-c2ccc(NC(=O)COc3cccc(OC)c3)cc2C(=O)N2Cc3ccccc3C[C@H]2CO)n1.CCCCN(CCCC)C(=O)c1cc(C)n(-c2ccc(NC(=O)COc3ccccc3Cl)cc2C(=O)N2Cc3ccccc3C[C@H]2CO)n1. The van der Waals surface area contributed by atoms with Crippen LogP contribution in [0.15, 0.2) is 218 Å². The number of ether oxygens (including phenoxy) is 5. The van der Waals surface area contributed by atoms with Crippen molar-refractivity contribution < 1.29 is 82.2 Å². The minimum absolute atomic E-state index is 0.143. The van der Waals surface area contributed by atoms with E-state index in [1.54, 1.807) is 189 Å². The minimum atomic E-state index is -0.445. The summed E-state index contributed by atoms with van der Waals surface area (Å²) in [7, 11) is 3.13. The number of aliphatic hydroxyl groups is 3. The molecule has 3 aliphatic rings. The van der Waals surface area contributed by atoms with Gasteiger partial charge in [-0.25, -0.2) is 14.0 Å². The summed E-state index contributed by atoms with van der Waals surface area (Å²) in [5.74, 6) is -0.0200. The Hall–Kier alpha value is -15.0. The Kier molecular flexibility index (Phi) is 40.8. The van der Waals surface area contributed by atoms with E-state index in [1.807, 2.05) is 108 Å². The van der Waals surface area contributed by atoms with Crippen LogP contribution in [0.5, 0.6) is 28.7 Å². The van der Waals surface area contributed by atoms with Gasteiger partial charge in [-0.2, -0.15) is 15.3 Å². The van der Waals surface area contributed by atoms with E-state index in [4.69, 9.17) is 50.6 Å². The van der Waals surface area contributed by atoms with Crippen LogP contribution < -0.4 is 39.6 Å². The highest BCUT2D eigenvalue weighted by Gasteiger charge is 2.38. The molecule has 0 radical (unpaired) electrons. The third-order valence-electron chi connectivity index (χ3n) is 26.6. The number of aryl methyl sites for hydroxylation is 3. The average Bonchev–Trinajstić information content (AvgIpc) is 1.37. The van der Waals surface area contributed by atoms with Crippen molar-refractivity contribution in [1.29, 1.82) is 0 Å². The maximum absolute atomic E-state index is 14.5. The van der Waals surface area contributed by atoms with Gasteiger partial charge in [0, 0.05) is 99.1 Å². The molecule has 0 aliphatic carbocycles. The fourth-order valence-electron chi connectivity index (χ4n) is 18.3. The molecule has 15 rings (SSSR count). The van der Waals surface area contributed by atoms with Crippen molar-refractivity contribution in [2.45, 2.75) is 196 Å². The molecule has 3 aliphatic heterocycles. The lowest BCUT2D eigenvalue weighted by atomic mass is 9.93. The molecular formula is C116H138ClN15O17. The first kappa shape index (κ1) is 111. The van der Waals surface area contributed by atoms with Crippen LogP contribution in [-0.2, 0) is 53.3 Å². The van der Waals surface area contributed by atoms with Crippen molar-refractivity contribution in [3.8, 4) is 45.8 Å². The van der Waals surface area contributed by atoms with Crippen LogP contribution in [0.3, 0.4) is 0 Å². The van der Waals surface area contributed by atoms with Gasteiger partial charge in [-0.1, -0.05) is 183 Å². The number of carbonyl (C=O) groups excluding carboxylic acids is 9. The van der Waals surface area contributed by atoms with E-state index in [0.717, 1.165) is 110 Å². The molecule has 0 saturated carbocycles. The molecule has 0 spiro atoms. The third-order valence-corrected chi connectivity index (χ3v) is 26.9. The monoisotopic (exact) mass is 2050 g/mol. The topological polar surface area (TPSA) is 369 Å². The standard InChI is InChI=1S/2C39H47N5O6.C38H44ClN5O5/c1-5-7-18-42(19-8-6-2)39(48)35-20-27(3)44(41-35)36-17-16-30(40-37(46)26-50-33-15-11-14-32(23-33)49-4)22-34(36)38(47)43-24-29-13-10-9-12-28(29)21-31(43)25-45;1-5-7-19-42(20-8-6-2)39(48)35-21-27(3)44(41-35)36-18-13-30(40-37(46)26-50-33-16-14-32(49-4)15-17-33)23-34(36)38(47)43-24-29-12-10-9-11-28(29)22-31(43)25-45;1-4-6-18-42(19-7-5-2)38(48)33-20-26(3)44(41-33)34-17-16-29(40-36(46)25-49-35-15-11-10-14-32(35)39)22-31(34)37(47)43-23-28-13-9-8-12-27(28)21-30(43)24-45/h9-17,20,22-23,31,45H,5-8,18-19,21,24-26H2,1-4H3,(H,40,46);9-18,21,23,31,45H,5-8,19-20,22,24-26H2,1-4H3,(H,40,46);8-17,20,22,30,45H,4-7,18-19,21,23-25H2,1-3H3,(H,40,46)/t2*31-;30-/m000/s1. The minimum Gasteiger partial charge on any atom is -0.497 e. The second-order valence-corrected chi connectivity index (χ2v) is 37.9. The number of aliphatic hydroxyl groups excluding tert-OH is 3. The van der Waals surface area contributed by atoms with Gasteiger partial charge in [0.05, 0.1) is 90.9 Å². The van der Waals surface area contributed by atoms with Crippen molar-refractivity contribution >= 4 is 81.8 Å². The Morgan fingerprint density at radius 3 is 0.953 bits per heavy atom. The van der Waals surface area contributed by atoms with E-state index in [1.165, 1.54) is 0 Å². The van der Waals surface area contributed by atoms with Crippen LogP contribution in [0.25, 0.3) is 17.1 Å². The van der Waals surface area contributed by atoms with Crippen LogP contribution in [-0.4, -0.2) is 238 Å². The number of amides is 9. The molecule has 32 nitrogen and oxygen atoms in total. The van der Waals surface area contributed by atoms with Gasteiger partial charge in [0.15, 0.2) is 36.9 Å². The summed E-state index contributed by atoms with van der Waals surface area (Å²) in [6.45, 7) is 21.6. The predicted molar refractivity (Wildman–Crippen MR) is 575 cm³/mol. The maximum atomic E-state index is 14.5. The van der Waals surface area contributed by atoms with Crippen molar-refractivity contribution in [2.24, 2.45) is 0 Å². The predicted octanol–water partition coefficient (Wildman–Crippen LogP) is 18.1. The van der Waals surface area contributed by atoms with Crippen LogP contribution in [0.1, 0.15) is 232 Å². The number of benzene rings is 9. The molecule has 9 amide bonds. The smallest absolute Gasteiger partial charge is 0.274 e. The molecule has 149 heavy (non-hydrogen) atoms. The first-order chi connectivity index (χ1) is 72.2. The lowest BCUT2D eigenvalue weighted by molar-refractivity contribution is -0.118. The van der Waals surface area contributed by atoms with E-state index in [2.05, 4.69) is 57.5 Å². The number of anilines is 3. The normalized spacial score (nSPS) is 13.8. The Labute approximate surface area is 876 Å². The van der Waals surface area contributed by atoms with Crippen molar-refractivity contribution in [2.75, 3.05) is 109 Å². The Balaban J connectivity index is 0.000000186. The molecule has 9 aromatic carbocycles. The van der Waals surface area contributed by atoms with Crippen molar-refractivity contribution in [3.63, 3.8) is 0 Å². The summed E-state index contributed by atoms with van der Waals surface area (Å²) >= 11 is 6.18. The number of unbranched alkanes of at least 4 members (excludes halogenated alkanes) is 6. The van der Waals surface area contributed by atoms with Crippen LogP contribution in [0, 0.1) is 20.8 Å². The summed E-state index contributed by atoms with van der Waals surface area (Å²) in [6.07, 6.45) is 12.8. The average molecular weight is 2050 g/mol. The lowest BCUT2D eigenvalue weighted by Crippen LogP contribution is -2.46. The molecule has 6 N–H and O–H groups in total. The number of hydrogen-bond acceptors (Lipinski definition) is 20. The number of aromatic nitrogens is 6. The molecule has 786 valence electrons. The van der Waals surface area contributed by atoms with Gasteiger partial charge in [-0.15, -0.1) is 0 Å².